The highest BCUT2D eigenvalue weighted by Crippen LogP contribution is 2.35. The van der Waals surface area contributed by atoms with Crippen LogP contribution in [0, 0.1) is 5.82 Å². The summed E-state index contributed by atoms with van der Waals surface area (Å²) < 4.78 is 18.2. The summed E-state index contributed by atoms with van der Waals surface area (Å²) in [5, 5.41) is 13.9. The number of halogens is 1. The van der Waals surface area contributed by atoms with Crippen molar-refractivity contribution >= 4 is 5.82 Å². The van der Waals surface area contributed by atoms with Crippen molar-refractivity contribution in [3.8, 4) is 22.4 Å². The zero-order valence-corrected chi connectivity index (χ0v) is 16.0. The monoisotopic (exact) mass is 383 g/mol. The van der Waals surface area contributed by atoms with Crippen molar-refractivity contribution in [2.75, 3.05) is 38.2 Å². The highest BCUT2D eigenvalue weighted by Gasteiger charge is 2.16. The summed E-state index contributed by atoms with van der Waals surface area (Å²) in [6.45, 7) is 6.78. The Morgan fingerprint density at radius 3 is 2.32 bits per heavy atom. The third-order valence-electron chi connectivity index (χ3n) is 4.26. The lowest BCUT2D eigenvalue weighted by atomic mass is 10.0. The summed E-state index contributed by atoms with van der Waals surface area (Å²) >= 11 is 0. The average Bonchev–Trinajstić information content (AvgIpc) is 3.19. The minimum atomic E-state index is -0.252. The van der Waals surface area contributed by atoms with Gasteiger partial charge in [-0.05, 0) is 48.4 Å². The van der Waals surface area contributed by atoms with Gasteiger partial charge in [0.15, 0.2) is 5.82 Å². The molecule has 1 saturated heterocycles. The number of hydrogen-bond donors (Lipinski definition) is 3. The van der Waals surface area contributed by atoms with Crippen LogP contribution in [0.2, 0.25) is 0 Å². The quantitative estimate of drug-likeness (QED) is 0.626. The molecule has 0 radical (unpaired) electrons. The Morgan fingerprint density at radius 1 is 1.04 bits per heavy atom. The number of nitrogens with zero attached hydrogens (tertiary/aromatic N) is 2. The molecule has 0 unspecified atom stereocenters. The topological polar surface area (TPSA) is 74.9 Å². The first-order valence-corrected chi connectivity index (χ1v) is 9.56. The van der Waals surface area contributed by atoms with E-state index in [0.717, 1.165) is 67.5 Å². The lowest BCUT2D eigenvalue weighted by Crippen LogP contribution is -2.30. The molecule has 3 aromatic rings. The first kappa shape index (κ1) is 20.0. The van der Waals surface area contributed by atoms with E-state index in [1.54, 1.807) is 24.5 Å². The maximum atomic E-state index is 13.2. The van der Waals surface area contributed by atoms with Crippen LogP contribution in [-0.4, -0.2) is 48.0 Å². The fraction of sp³-hybridized carbons (Fsp3) is 0.333. The van der Waals surface area contributed by atoms with Crippen LogP contribution in [-0.2, 0) is 4.74 Å². The van der Waals surface area contributed by atoms with Gasteiger partial charge >= 0.3 is 0 Å². The minimum Gasteiger partial charge on any atom is -0.379 e. The van der Waals surface area contributed by atoms with E-state index in [0.29, 0.717) is 0 Å². The smallest absolute Gasteiger partial charge is 0.156 e. The number of aromatic nitrogens is 3. The molecule has 0 atom stereocenters. The molecule has 4 rings (SSSR count). The highest BCUT2D eigenvalue weighted by molar-refractivity contribution is 5.88. The third kappa shape index (κ3) is 5.37. The molecule has 6 nitrogen and oxygen atoms in total. The Labute approximate surface area is 164 Å². The van der Waals surface area contributed by atoms with Crippen LogP contribution in [0.1, 0.15) is 13.3 Å². The van der Waals surface area contributed by atoms with E-state index < -0.39 is 0 Å². The first-order valence-electron chi connectivity index (χ1n) is 9.56. The van der Waals surface area contributed by atoms with Gasteiger partial charge in [0.1, 0.15) is 5.82 Å². The number of aromatic amines is 1. The number of hydrogen-bond acceptors (Lipinski definition) is 5. The van der Waals surface area contributed by atoms with Gasteiger partial charge < -0.3 is 15.4 Å². The van der Waals surface area contributed by atoms with E-state index in [1.165, 1.54) is 12.1 Å². The van der Waals surface area contributed by atoms with Crippen LogP contribution >= 0.6 is 0 Å². The number of rotatable bonds is 5. The Hall–Kier alpha value is -2.77. The predicted octanol–water partition coefficient (Wildman–Crippen LogP) is 3.71. The Balaban J connectivity index is 0.000000320. The maximum absolute atomic E-state index is 13.2. The molecule has 2 aromatic heterocycles. The molecular weight excluding hydrogens is 357 g/mol. The van der Waals surface area contributed by atoms with Gasteiger partial charge in [-0.2, -0.15) is 5.10 Å². The van der Waals surface area contributed by atoms with Crippen molar-refractivity contribution in [1.82, 2.24) is 20.5 Å². The Kier molecular flexibility index (Phi) is 7.52. The first-order chi connectivity index (χ1) is 13.8. The normalized spacial score (nSPS) is 13.5. The lowest BCUT2D eigenvalue weighted by molar-refractivity contribution is 0.109. The number of nitrogens with one attached hydrogen (secondary N) is 3. The fourth-order valence-corrected chi connectivity index (χ4v) is 2.85. The van der Waals surface area contributed by atoms with Crippen LogP contribution in [0.3, 0.4) is 0 Å². The zero-order valence-electron chi connectivity index (χ0n) is 16.0. The van der Waals surface area contributed by atoms with Crippen molar-refractivity contribution in [2.45, 2.75) is 13.3 Å². The Morgan fingerprint density at radius 2 is 1.75 bits per heavy atom. The number of pyridine rings is 1. The van der Waals surface area contributed by atoms with E-state index in [2.05, 4.69) is 32.7 Å². The fourth-order valence-electron chi connectivity index (χ4n) is 2.85. The molecule has 1 fully saturated rings. The summed E-state index contributed by atoms with van der Waals surface area (Å²) in [6, 6.07) is 10.3. The van der Waals surface area contributed by atoms with Gasteiger partial charge in [-0.15, -0.1) is 0 Å². The molecule has 3 N–H and O–H groups in total. The number of H-pyrrole nitrogens is 1. The van der Waals surface area contributed by atoms with Crippen molar-refractivity contribution in [1.29, 1.82) is 0 Å². The number of benzene rings is 1. The average molecular weight is 383 g/mol. The highest BCUT2D eigenvalue weighted by atomic mass is 19.1. The standard InChI is InChI=1S/C17H17FN4.C4H9NO/c1-2-9-20-17-15(12-7-10-19-11-8-12)16(21-22-17)13-3-5-14(18)6-4-13;1-3-6-4-2-5-1/h3-8,10-11H,2,9H2,1H3,(H2,20,21,22);5H,1-4H2. The molecule has 1 aliphatic rings. The molecule has 1 aromatic carbocycles. The minimum absolute atomic E-state index is 0.252. The second-order valence-corrected chi connectivity index (χ2v) is 6.35. The molecule has 0 saturated carbocycles. The largest absolute Gasteiger partial charge is 0.379 e. The molecule has 3 heterocycles. The third-order valence-corrected chi connectivity index (χ3v) is 4.26. The summed E-state index contributed by atoms with van der Waals surface area (Å²) in [5.41, 5.74) is 3.75. The second kappa shape index (κ2) is 10.5. The molecule has 0 spiro atoms. The van der Waals surface area contributed by atoms with Crippen LogP contribution in [0.4, 0.5) is 10.2 Å². The molecular formula is C21H26FN5O. The molecule has 0 amide bonds. The van der Waals surface area contributed by atoms with Gasteiger partial charge in [0.05, 0.1) is 24.5 Å². The van der Waals surface area contributed by atoms with E-state index in [-0.39, 0.29) is 5.82 Å². The zero-order chi connectivity index (χ0) is 19.6. The van der Waals surface area contributed by atoms with Gasteiger partial charge in [-0.25, -0.2) is 4.39 Å². The number of anilines is 1. The summed E-state index contributed by atoms with van der Waals surface area (Å²) in [7, 11) is 0. The van der Waals surface area contributed by atoms with Crippen LogP contribution in [0.15, 0.2) is 48.8 Å². The van der Waals surface area contributed by atoms with E-state index >= 15 is 0 Å². The SMILES string of the molecule is C1COCCN1.CCCNc1n[nH]c(-c2ccc(F)cc2)c1-c1ccncc1. The second-order valence-electron chi connectivity index (χ2n) is 6.35. The van der Waals surface area contributed by atoms with Crippen molar-refractivity contribution in [3.05, 3.63) is 54.6 Å². The molecule has 148 valence electrons. The van der Waals surface area contributed by atoms with Crippen molar-refractivity contribution in [2.24, 2.45) is 0 Å². The van der Waals surface area contributed by atoms with Gasteiger partial charge in [-0.1, -0.05) is 6.92 Å². The maximum Gasteiger partial charge on any atom is 0.156 e. The van der Waals surface area contributed by atoms with E-state index in [9.17, 15) is 4.39 Å². The van der Waals surface area contributed by atoms with Gasteiger partial charge in [0, 0.05) is 37.6 Å². The molecule has 7 heteroatoms. The number of morpholine rings is 1. The molecule has 0 bridgehead atoms. The predicted molar refractivity (Wildman–Crippen MR) is 110 cm³/mol. The van der Waals surface area contributed by atoms with Crippen LogP contribution in [0.25, 0.3) is 22.4 Å². The summed E-state index contributed by atoms with van der Waals surface area (Å²) in [6.07, 6.45) is 4.51. The van der Waals surface area contributed by atoms with Gasteiger partial charge in [0.25, 0.3) is 0 Å². The van der Waals surface area contributed by atoms with Gasteiger partial charge in [0.2, 0.25) is 0 Å². The van der Waals surface area contributed by atoms with Crippen LogP contribution in [0.5, 0.6) is 0 Å². The van der Waals surface area contributed by atoms with Crippen LogP contribution < -0.4 is 10.6 Å². The number of ether oxygens (including phenoxy) is 1. The summed E-state index contributed by atoms with van der Waals surface area (Å²) in [4.78, 5) is 4.06. The Bertz CT molecular complexity index is 820. The van der Waals surface area contributed by atoms with Crippen molar-refractivity contribution in [3.63, 3.8) is 0 Å². The van der Waals surface area contributed by atoms with Crippen molar-refractivity contribution < 1.29 is 9.13 Å². The van der Waals surface area contributed by atoms with E-state index in [1.807, 2.05) is 12.1 Å². The van der Waals surface area contributed by atoms with E-state index in [4.69, 9.17) is 4.74 Å². The molecule has 28 heavy (non-hydrogen) atoms. The lowest BCUT2D eigenvalue weighted by Gasteiger charge is -2.10. The molecule has 0 aliphatic carbocycles. The van der Waals surface area contributed by atoms with Gasteiger partial charge in [-0.3, -0.25) is 10.1 Å². The summed E-state index contributed by atoms with van der Waals surface area (Å²) in [5.74, 6) is 0.547. The molecule has 1 aliphatic heterocycles.